The monoisotopic (exact) mass is 379 g/mol. The summed E-state index contributed by atoms with van der Waals surface area (Å²) in [5.41, 5.74) is 0.877. The van der Waals surface area contributed by atoms with Gasteiger partial charge in [0.15, 0.2) is 27.6 Å². The van der Waals surface area contributed by atoms with Crippen LogP contribution in [0.25, 0.3) is 20.4 Å². The average Bonchev–Trinajstić information content (AvgIpc) is 3.16. The predicted octanol–water partition coefficient (Wildman–Crippen LogP) is 4.95. The molecule has 0 saturated carbocycles. The largest absolute Gasteiger partial charge is 0.493 e. The van der Waals surface area contributed by atoms with Crippen molar-refractivity contribution in [2.45, 2.75) is 0 Å². The van der Waals surface area contributed by atoms with Crippen LogP contribution in [-0.4, -0.2) is 24.2 Å². The topological polar surface area (TPSA) is 56.3 Å². The van der Waals surface area contributed by atoms with E-state index in [-0.39, 0.29) is 5.52 Å². The van der Waals surface area contributed by atoms with Gasteiger partial charge in [-0.1, -0.05) is 22.7 Å². The molecule has 0 aliphatic carbocycles. The van der Waals surface area contributed by atoms with E-state index in [0.29, 0.717) is 26.5 Å². The highest BCUT2D eigenvalue weighted by atomic mass is 32.1. The zero-order chi connectivity index (χ0) is 17.6. The molecule has 0 atom stereocenters. The third kappa shape index (κ3) is 2.85. The molecule has 0 unspecified atom stereocenters. The normalized spacial score (nSPS) is 11.2. The fraction of sp³-hybridized carbons (Fsp3) is 0.125. The van der Waals surface area contributed by atoms with Crippen LogP contribution in [0.2, 0.25) is 0 Å². The van der Waals surface area contributed by atoms with Gasteiger partial charge in [-0.25, -0.2) is 18.7 Å². The molecular formula is C16H11F2N3O2S2. The lowest BCUT2D eigenvalue weighted by Crippen LogP contribution is -1.90. The van der Waals surface area contributed by atoms with Crippen LogP contribution in [-0.2, 0) is 0 Å². The minimum Gasteiger partial charge on any atom is -0.493 e. The van der Waals surface area contributed by atoms with Crippen LogP contribution in [0.15, 0.2) is 24.3 Å². The summed E-state index contributed by atoms with van der Waals surface area (Å²) >= 11 is 2.56. The van der Waals surface area contributed by atoms with Crippen molar-refractivity contribution in [2.24, 2.45) is 0 Å². The summed E-state index contributed by atoms with van der Waals surface area (Å²) in [6.45, 7) is 0. The van der Waals surface area contributed by atoms with Crippen LogP contribution < -0.4 is 14.8 Å². The Morgan fingerprint density at radius 2 is 1.56 bits per heavy atom. The Labute approximate surface area is 148 Å². The van der Waals surface area contributed by atoms with Crippen LogP contribution >= 0.6 is 22.7 Å². The first-order valence-electron chi connectivity index (χ1n) is 7.12. The van der Waals surface area contributed by atoms with E-state index in [1.54, 1.807) is 20.3 Å². The van der Waals surface area contributed by atoms with Crippen LogP contribution in [0, 0.1) is 11.6 Å². The fourth-order valence-electron chi connectivity index (χ4n) is 2.41. The number of hydrogen-bond donors (Lipinski definition) is 1. The highest BCUT2D eigenvalue weighted by molar-refractivity contribution is 7.24. The van der Waals surface area contributed by atoms with Gasteiger partial charge in [-0.15, -0.1) is 0 Å². The van der Waals surface area contributed by atoms with E-state index < -0.39 is 11.6 Å². The quantitative estimate of drug-likeness (QED) is 0.544. The SMILES string of the molecule is COc1cc2nc(Nc3nc4c(F)cc(F)cc4s3)sc2cc1OC. The number of anilines is 2. The molecule has 2 heterocycles. The number of ether oxygens (including phenoxy) is 2. The first-order chi connectivity index (χ1) is 12.1. The van der Waals surface area contributed by atoms with Crippen molar-refractivity contribution in [2.75, 3.05) is 19.5 Å². The van der Waals surface area contributed by atoms with Crippen LogP contribution in [0.4, 0.5) is 19.0 Å². The Hall–Kier alpha value is -2.52. The summed E-state index contributed by atoms with van der Waals surface area (Å²) in [6, 6.07) is 5.70. The lowest BCUT2D eigenvalue weighted by molar-refractivity contribution is 0.356. The number of nitrogens with one attached hydrogen (secondary N) is 1. The van der Waals surface area contributed by atoms with Crippen molar-refractivity contribution < 1.29 is 18.3 Å². The van der Waals surface area contributed by atoms with Gasteiger partial charge in [0.2, 0.25) is 0 Å². The van der Waals surface area contributed by atoms with E-state index in [1.165, 1.54) is 17.4 Å². The zero-order valence-electron chi connectivity index (χ0n) is 13.1. The van der Waals surface area contributed by atoms with Crippen molar-refractivity contribution in [3.8, 4) is 11.5 Å². The van der Waals surface area contributed by atoms with Gasteiger partial charge in [-0.3, -0.25) is 0 Å². The van der Waals surface area contributed by atoms with E-state index in [2.05, 4.69) is 15.3 Å². The number of halogens is 2. The number of aromatic nitrogens is 2. The molecule has 2 aromatic heterocycles. The highest BCUT2D eigenvalue weighted by Crippen LogP contribution is 2.38. The summed E-state index contributed by atoms with van der Waals surface area (Å²) in [4.78, 5) is 8.64. The predicted molar refractivity (Wildman–Crippen MR) is 95.5 cm³/mol. The summed E-state index contributed by atoms with van der Waals surface area (Å²) in [5, 5.41) is 4.08. The molecule has 0 aliphatic rings. The minimum absolute atomic E-state index is 0.137. The standard InChI is InChI=1S/C16H11F2N3O2S2/c1-22-10-5-9-12(6-11(10)23-2)24-15(19-9)21-16-20-14-8(18)3-7(17)4-13(14)25-16/h3-6H,1-2H3,(H,19,20,21). The summed E-state index contributed by atoms with van der Waals surface area (Å²) in [7, 11) is 3.13. The lowest BCUT2D eigenvalue weighted by Gasteiger charge is -2.05. The Bertz CT molecular complexity index is 1050. The van der Waals surface area contributed by atoms with Gasteiger partial charge < -0.3 is 14.8 Å². The first kappa shape index (κ1) is 16.0. The Morgan fingerprint density at radius 1 is 0.880 bits per heavy atom. The maximum Gasteiger partial charge on any atom is 0.190 e. The summed E-state index contributed by atoms with van der Waals surface area (Å²) in [5.74, 6) is -0.107. The van der Waals surface area contributed by atoms with Gasteiger partial charge in [0, 0.05) is 18.2 Å². The minimum atomic E-state index is -0.682. The molecule has 0 radical (unpaired) electrons. The number of fused-ring (bicyclic) bond motifs is 2. The van der Waals surface area contributed by atoms with Crippen molar-refractivity contribution in [1.82, 2.24) is 9.97 Å². The fourth-order valence-corrected chi connectivity index (χ4v) is 4.25. The van der Waals surface area contributed by atoms with Gasteiger partial charge in [-0.05, 0) is 6.07 Å². The number of nitrogens with zero attached hydrogens (tertiary/aromatic N) is 2. The first-order valence-corrected chi connectivity index (χ1v) is 8.76. The van der Waals surface area contributed by atoms with Crippen LogP contribution in [0.3, 0.4) is 0 Å². The molecule has 25 heavy (non-hydrogen) atoms. The van der Waals surface area contributed by atoms with Gasteiger partial charge in [-0.2, -0.15) is 0 Å². The van der Waals surface area contributed by atoms with Crippen LogP contribution in [0.5, 0.6) is 11.5 Å². The number of rotatable bonds is 4. The molecule has 4 aromatic rings. The maximum absolute atomic E-state index is 13.8. The highest BCUT2D eigenvalue weighted by Gasteiger charge is 2.14. The average molecular weight is 379 g/mol. The molecule has 128 valence electrons. The zero-order valence-corrected chi connectivity index (χ0v) is 14.7. The van der Waals surface area contributed by atoms with Crippen molar-refractivity contribution in [1.29, 1.82) is 0 Å². The molecule has 0 fully saturated rings. The maximum atomic E-state index is 13.8. The molecule has 0 bridgehead atoms. The Balaban J connectivity index is 1.72. The molecular weight excluding hydrogens is 368 g/mol. The second-order valence-corrected chi connectivity index (χ2v) is 7.13. The summed E-state index contributed by atoms with van der Waals surface area (Å²) < 4.78 is 39.0. The smallest absolute Gasteiger partial charge is 0.190 e. The Morgan fingerprint density at radius 3 is 2.32 bits per heavy atom. The summed E-state index contributed by atoms with van der Waals surface area (Å²) in [6.07, 6.45) is 0. The van der Waals surface area contributed by atoms with E-state index >= 15 is 0 Å². The molecule has 9 heteroatoms. The van der Waals surface area contributed by atoms with Gasteiger partial charge >= 0.3 is 0 Å². The third-order valence-corrected chi connectivity index (χ3v) is 5.37. The van der Waals surface area contributed by atoms with Gasteiger partial charge in [0.1, 0.15) is 11.3 Å². The second kappa shape index (κ2) is 6.08. The van der Waals surface area contributed by atoms with E-state index in [4.69, 9.17) is 9.47 Å². The van der Waals surface area contributed by atoms with E-state index in [1.807, 2.05) is 6.07 Å². The molecule has 1 N–H and O–H groups in total. The van der Waals surface area contributed by atoms with Gasteiger partial charge in [0.25, 0.3) is 0 Å². The third-order valence-electron chi connectivity index (χ3n) is 3.52. The molecule has 5 nitrogen and oxygen atoms in total. The number of thiazole rings is 2. The second-order valence-electron chi connectivity index (χ2n) is 5.07. The van der Waals surface area contributed by atoms with Gasteiger partial charge in [0.05, 0.1) is 29.1 Å². The van der Waals surface area contributed by atoms with Crippen molar-refractivity contribution in [3.05, 3.63) is 35.9 Å². The molecule has 2 aromatic carbocycles. The van der Waals surface area contributed by atoms with Crippen molar-refractivity contribution >= 4 is 53.4 Å². The lowest BCUT2D eigenvalue weighted by atomic mass is 10.3. The molecule has 0 aliphatic heterocycles. The molecule has 0 amide bonds. The van der Waals surface area contributed by atoms with E-state index in [9.17, 15) is 8.78 Å². The molecule has 0 saturated heterocycles. The van der Waals surface area contributed by atoms with Crippen LogP contribution in [0.1, 0.15) is 0 Å². The molecule has 0 spiro atoms. The molecule has 4 rings (SSSR count). The van der Waals surface area contributed by atoms with E-state index in [0.717, 1.165) is 27.6 Å². The number of benzene rings is 2. The Kier molecular flexibility index (Phi) is 3.89. The van der Waals surface area contributed by atoms with Crippen molar-refractivity contribution in [3.63, 3.8) is 0 Å². The number of hydrogen-bond acceptors (Lipinski definition) is 7. The number of methoxy groups -OCH3 is 2.